The van der Waals surface area contributed by atoms with Gasteiger partial charge in [-0.05, 0) is 52.4 Å². The van der Waals surface area contributed by atoms with Crippen LogP contribution < -0.4 is 5.32 Å². The fraction of sp³-hybridized carbons (Fsp3) is 1.00. The van der Waals surface area contributed by atoms with E-state index < -0.39 is 0 Å². The standard InChI is InChI=1S/C15H29NO/c1-12(13-7-5-4-6-8-13)16-14-9-10-17-15(2,3)11-14/h12-14,16H,4-11H2,1-3H3/t12-,14?/m1/s1. The minimum Gasteiger partial charge on any atom is -0.375 e. The Bertz CT molecular complexity index is 233. The van der Waals surface area contributed by atoms with E-state index in [1.807, 2.05) is 0 Å². The monoisotopic (exact) mass is 239 g/mol. The summed E-state index contributed by atoms with van der Waals surface area (Å²) in [6.45, 7) is 7.73. The van der Waals surface area contributed by atoms with Crippen LogP contribution in [-0.2, 0) is 4.74 Å². The summed E-state index contributed by atoms with van der Waals surface area (Å²) in [6, 6.07) is 1.35. The largest absolute Gasteiger partial charge is 0.375 e. The summed E-state index contributed by atoms with van der Waals surface area (Å²) in [5.74, 6) is 0.912. The maximum absolute atomic E-state index is 5.78. The highest BCUT2D eigenvalue weighted by molar-refractivity contribution is 4.86. The summed E-state index contributed by atoms with van der Waals surface area (Å²) >= 11 is 0. The maximum Gasteiger partial charge on any atom is 0.0641 e. The summed E-state index contributed by atoms with van der Waals surface area (Å²) < 4.78 is 5.78. The van der Waals surface area contributed by atoms with Gasteiger partial charge in [0.15, 0.2) is 0 Å². The van der Waals surface area contributed by atoms with Gasteiger partial charge in [-0.3, -0.25) is 0 Å². The van der Waals surface area contributed by atoms with E-state index in [9.17, 15) is 0 Å². The van der Waals surface area contributed by atoms with Crippen molar-refractivity contribution in [2.24, 2.45) is 5.92 Å². The van der Waals surface area contributed by atoms with Crippen molar-refractivity contribution < 1.29 is 4.74 Å². The molecule has 0 aromatic heterocycles. The number of hydrogen-bond acceptors (Lipinski definition) is 2. The Labute approximate surface area is 107 Å². The van der Waals surface area contributed by atoms with Gasteiger partial charge in [0.1, 0.15) is 0 Å². The summed E-state index contributed by atoms with van der Waals surface area (Å²) in [6.07, 6.45) is 9.53. The molecule has 0 bridgehead atoms. The van der Waals surface area contributed by atoms with Gasteiger partial charge in [-0.15, -0.1) is 0 Å². The van der Waals surface area contributed by atoms with E-state index >= 15 is 0 Å². The molecule has 1 saturated carbocycles. The van der Waals surface area contributed by atoms with E-state index in [2.05, 4.69) is 26.1 Å². The van der Waals surface area contributed by atoms with Crippen molar-refractivity contribution in [2.45, 2.75) is 83.4 Å². The lowest BCUT2D eigenvalue weighted by Gasteiger charge is -2.39. The highest BCUT2D eigenvalue weighted by atomic mass is 16.5. The highest BCUT2D eigenvalue weighted by Gasteiger charge is 2.30. The van der Waals surface area contributed by atoms with Gasteiger partial charge < -0.3 is 10.1 Å². The average molecular weight is 239 g/mol. The SMILES string of the molecule is C[C@@H](NC1CCOC(C)(C)C1)C1CCCCC1. The first kappa shape index (κ1) is 13.4. The van der Waals surface area contributed by atoms with Gasteiger partial charge in [-0.25, -0.2) is 0 Å². The second-order valence-corrected chi connectivity index (χ2v) is 6.65. The van der Waals surface area contributed by atoms with Gasteiger partial charge in [0, 0.05) is 18.7 Å². The van der Waals surface area contributed by atoms with Crippen LogP contribution in [0.1, 0.15) is 65.7 Å². The molecule has 1 aliphatic carbocycles. The molecular weight excluding hydrogens is 210 g/mol. The van der Waals surface area contributed by atoms with Gasteiger partial charge in [-0.1, -0.05) is 19.3 Å². The lowest BCUT2D eigenvalue weighted by molar-refractivity contribution is -0.0648. The van der Waals surface area contributed by atoms with Gasteiger partial charge in [-0.2, -0.15) is 0 Å². The first-order valence-electron chi connectivity index (χ1n) is 7.47. The Kier molecular flexibility index (Phi) is 4.48. The van der Waals surface area contributed by atoms with Gasteiger partial charge in [0.2, 0.25) is 0 Å². The van der Waals surface area contributed by atoms with Crippen LogP contribution in [0.25, 0.3) is 0 Å². The molecule has 0 spiro atoms. The Morgan fingerprint density at radius 2 is 1.82 bits per heavy atom. The van der Waals surface area contributed by atoms with Gasteiger partial charge in [0.05, 0.1) is 5.60 Å². The van der Waals surface area contributed by atoms with Crippen LogP contribution >= 0.6 is 0 Å². The molecule has 0 aromatic carbocycles. The zero-order chi connectivity index (χ0) is 12.3. The lowest BCUT2D eigenvalue weighted by Crippen LogP contribution is -2.48. The smallest absolute Gasteiger partial charge is 0.0641 e. The molecule has 2 heteroatoms. The molecule has 2 atom stereocenters. The van der Waals surface area contributed by atoms with Crippen LogP contribution in [0, 0.1) is 5.92 Å². The zero-order valence-corrected chi connectivity index (χ0v) is 11.8. The van der Waals surface area contributed by atoms with Crippen molar-refractivity contribution in [3.8, 4) is 0 Å². The number of nitrogens with one attached hydrogen (secondary N) is 1. The van der Waals surface area contributed by atoms with Crippen molar-refractivity contribution in [1.29, 1.82) is 0 Å². The maximum atomic E-state index is 5.78. The van der Waals surface area contributed by atoms with Gasteiger partial charge in [0.25, 0.3) is 0 Å². The van der Waals surface area contributed by atoms with Crippen molar-refractivity contribution >= 4 is 0 Å². The highest BCUT2D eigenvalue weighted by Crippen LogP contribution is 2.29. The van der Waals surface area contributed by atoms with Crippen LogP contribution in [0.15, 0.2) is 0 Å². The quantitative estimate of drug-likeness (QED) is 0.814. The van der Waals surface area contributed by atoms with Crippen LogP contribution in [0.5, 0.6) is 0 Å². The van der Waals surface area contributed by atoms with Crippen LogP contribution in [-0.4, -0.2) is 24.3 Å². The predicted octanol–water partition coefficient (Wildman–Crippen LogP) is 3.50. The Hall–Kier alpha value is -0.0800. The van der Waals surface area contributed by atoms with Crippen molar-refractivity contribution in [1.82, 2.24) is 5.32 Å². The molecular formula is C15H29NO. The molecule has 1 unspecified atom stereocenters. The molecule has 17 heavy (non-hydrogen) atoms. The number of hydrogen-bond donors (Lipinski definition) is 1. The lowest BCUT2D eigenvalue weighted by atomic mass is 9.83. The first-order valence-corrected chi connectivity index (χ1v) is 7.47. The van der Waals surface area contributed by atoms with E-state index in [1.165, 1.54) is 38.5 Å². The number of rotatable bonds is 3. The third-order valence-corrected chi connectivity index (χ3v) is 4.55. The van der Waals surface area contributed by atoms with Crippen molar-refractivity contribution in [2.75, 3.05) is 6.61 Å². The molecule has 1 heterocycles. The molecule has 0 aromatic rings. The first-order chi connectivity index (χ1) is 8.07. The van der Waals surface area contributed by atoms with E-state index in [-0.39, 0.29) is 5.60 Å². The average Bonchev–Trinajstić information content (AvgIpc) is 2.29. The fourth-order valence-corrected chi connectivity index (χ4v) is 3.52. The Balaban J connectivity index is 1.79. The molecule has 2 fully saturated rings. The van der Waals surface area contributed by atoms with E-state index in [0.29, 0.717) is 12.1 Å². The molecule has 0 amide bonds. The second kappa shape index (κ2) is 5.71. The molecule has 1 saturated heterocycles. The Morgan fingerprint density at radius 3 is 2.47 bits per heavy atom. The van der Waals surface area contributed by atoms with Crippen molar-refractivity contribution in [3.63, 3.8) is 0 Å². The normalized spacial score (nSPS) is 32.3. The number of ether oxygens (including phenoxy) is 1. The minimum atomic E-state index is 0.0716. The van der Waals surface area contributed by atoms with Crippen LogP contribution in [0.2, 0.25) is 0 Å². The van der Waals surface area contributed by atoms with Crippen LogP contribution in [0.3, 0.4) is 0 Å². The molecule has 0 radical (unpaired) electrons. The zero-order valence-electron chi connectivity index (χ0n) is 11.8. The minimum absolute atomic E-state index is 0.0716. The molecule has 1 N–H and O–H groups in total. The molecule has 2 rings (SSSR count). The second-order valence-electron chi connectivity index (χ2n) is 6.65. The summed E-state index contributed by atoms with van der Waals surface area (Å²) in [5.41, 5.74) is 0.0716. The van der Waals surface area contributed by atoms with Crippen molar-refractivity contribution in [3.05, 3.63) is 0 Å². The fourth-order valence-electron chi connectivity index (χ4n) is 3.52. The predicted molar refractivity (Wildman–Crippen MR) is 72.2 cm³/mol. The van der Waals surface area contributed by atoms with E-state index in [1.54, 1.807) is 0 Å². The summed E-state index contributed by atoms with van der Waals surface area (Å²) in [7, 11) is 0. The van der Waals surface area contributed by atoms with Crippen LogP contribution in [0.4, 0.5) is 0 Å². The third kappa shape index (κ3) is 3.96. The van der Waals surface area contributed by atoms with E-state index in [4.69, 9.17) is 4.74 Å². The Morgan fingerprint density at radius 1 is 1.12 bits per heavy atom. The summed E-state index contributed by atoms with van der Waals surface area (Å²) in [5, 5.41) is 3.86. The van der Waals surface area contributed by atoms with E-state index in [0.717, 1.165) is 18.9 Å². The topological polar surface area (TPSA) is 21.3 Å². The van der Waals surface area contributed by atoms with Gasteiger partial charge >= 0.3 is 0 Å². The third-order valence-electron chi connectivity index (χ3n) is 4.55. The molecule has 2 nitrogen and oxygen atoms in total. The molecule has 1 aliphatic heterocycles. The molecule has 100 valence electrons. The summed E-state index contributed by atoms with van der Waals surface area (Å²) in [4.78, 5) is 0. The molecule has 2 aliphatic rings.